The molecule has 2 aromatic rings. The number of rotatable bonds is 1. The van der Waals surface area contributed by atoms with Crippen LogP contribution in [0.4, 0.5) is 0 Å². The Labute approximate surface area is 111 Å². The van der Waals surface area contributed by atoms with Gasteiger partial charge in [0.05, 0.1) is 5.56 Å². The van der Waals surface area contributed by atoms with Crippen molar-refractivity contribution in [3.63, 3.8) is 0 Å². The molecule has 0 atom stereocenters. The molecular weight excluding hydrogens is 254 g/mol. The van der Waals surface area contributed by atoms with Crippen molar-refractivity contribution in [3.8, 4) is 17.2 Å². The molecule has 86 valence electrons. The van der Waals surface area contributed by atoms with Gasteiger partial charge < -0.3 is 4.98 Å². The minimum absolute atomic E-state index is 0. The first kappa shape index (κ1) is 13.4. The van der Waals surface area contributed by atoms with Crippen LogP contribution in [0.2, 0.25) is 0 Å². The van der Waals surface area contributed by atoms with Gasteiger partial charge in [-0.15, -0.1) is 12.4 Å². The van der Waals surface area contributed by atoms with E-state index in [9.17, 15) is 0 Å². The number of nitrogens with one attached hydrogen (secondary N) is 1. The van der Waals surface area contributed by atoms with Crippen LogP contribution in [-0.2, 0) is 0 Å². The molecule has 0 saturated carbocycles. The average molecular weight is 264 g/mol. The van der Waals surface area contributed by atoms with Crippen LogP contribution >= 0.6 is 24.6 Å². The van der Waals surface area contributed by atoms with Gasteiger partial charge in [0.1, 0.15) is 10.7 Å². The summed E-state index contributed by atoms with van der Waals surface area (Å²) in [6.07, 6.45) is 3.45. The summed E-state index contributed by atoms with van der Waals surface area (Å²) in [6, 6.07) is 7.70. The predicted molar refractivity (Wildman–Crippen MR) is 71.6 cm³/mol. The Bertz CT molecular complexity index is 614. The van der Waals surface area contributed by atoms with Gasteiger partial charge in [0.2, 0.25) is 0 Å². The largest absolute Gasteiger partial charge is 0.349 e. The molecule has 0 bridgehead atoms. The molecule has 0 amide bonds. The highest BCUT2D eigenvalue weighted by Crippen LogP contribution is 2.22. The number of halogens is 1. The van der Waals surface area contributed by atoms with Crippen molar-refractivity contribution >= 4 is 24.6 Å². The Morgan fingerprint density at radius 2 is 2.00 bits per heavy atom. The molecular formula is C12H10ClN3S. The summed E-state index contributed by atoms with van der Waals surface area (Å²) >= 11 is 5.06. The molecule has 0 saturated heterocycles. The Morgan fingerprint density at radius 3 is 2.59 bits per heavy atom. The molecule has 0 aromatic carbocycles. The van der Waals surface area contributed by atoms with Crippen molar-refractivity contribution in [1.29, 1.82) is 5.26 Å². The molecule has 0 aliphatic rings. The SMILES string of the molecule is Cc1[nH]c(=S)c(C#N)cc1-c1ccncc1.Cl. The van der Waals surface area contributed by atoms with Crippen LogP contribution in [0.1, 0.15) is 11.3 Å². The van der Waals surface area contributed by atoms with E-state index in [2.05, 4.69) is 16.0 Å². The van der Waals surface area contributed by atoms with Crippen molar-refractivity contribution in [1.82, 2.24) is 9.97 Å². The lowest BCUT2D eigenvalue weighted by atomic mass is 10.0. The summed E-state index contributed by atoms with van der Waals surface area (Å²) in [5.74, 6) is 0. The molecule has 0 spiro atoms. The van der Waals surface area contributed by atoms with Gasteiger partial charge in [-0.25, -0.2) is 0 Å². The zero-order valence-corrected chi connectivity index (χ0v) is 10.7. The molecule has 2 heterocycles. The molecule has 2 rings (SSSR count). The van der Waals surface area contributed by atoms with Crippen LogP contribution in [0, 0.1) is 22.9 Å². The smallest absolute Gasteiger partial charge is 0.121 e. The monoisotopic (exact) mass is 263 g/mol. The second kappa shape index (κ2) is 5.58. The summed E-state index contributed by atoms with van der Waals surface area (Å²) in [4.78, 5) is 6.99. The minimum atomic E-state index is 0. The summed E-state index contributed by atoms with van der Waals surface area (Å²) in [7, 11) is 0. The molecule has 1 N–H and O–H groups in total. The van der Waals surface area contributed by atoms with Crippen molar-refractivity contribution in [3.05, 3.63) is 46.5 Å². The molecule has 5 heteroatoms. The molecule has 2 aromatic heterocycles. The molecule has 0 aliphatic heterocycles. The van der Waals surface area contributed by atoms with E-state index < -0.39 is 0 Å². The van der Waals surface area contributed by atoms with Crippen molar-refractivity contribution < 1.29 is 0 Å². The Hall–Kier alpha value is -1.70. The zero-order chi connectivity index (χ0) is 11.5. The number of nitrogens with zero attached hydrogens (tertiary/aromatic N) is 2. The summed E-state index contributed by atoms with van der Waals surface area (Å²) < 4.78 is 0.484. The van der Waals surface area contributed by atoms with Gasteiger partial charge in [-0.2, -0.15) is 5.26 Å². The Balaban J connectivity index is 0.00000144. The second-order valence-electron chi connectivity index (χ2n) is 3.40. The van der Waals surface area contributed by atoms with Gasteiger partial charge in [0, 0.05) is 23.7 Å². The standard InChI is InChI=1S/C12H9N3S.ClH/c1-8-11(9-2-4-14-5-3-9)6-10(7-13)12(16)15-8;/h2-6H,1H3,(H,15,16);1H. The van der Waals surface area contributed by atoms with Gasteiger partial charge in [-0.3, -0.25) is 4.98 Å². The fraction of sp³-hybridized carbons (Fsp3) is 0.0833. The highest BCUT2D eigenvalue weighted by Gasteiger charge is 2.05. The molecule has 0 fully saturated rings. The molecule has 3 nitrogen and oxygen atoms in total. The first-order valence-corrected chi connectivity index (χ1v) is 5.17. The van der Waals surface area contributed by atoms with Gasteiger partial charge in [-0.05, 0) is 30.7 Å². The van der Waals surface area contributed by atoms with Crippen LogP contribution in [0.5, 0.6) is 0 Å². The van der Waals surface area contributed by atoms with E-state index in [0.717, 1.165) is 16.8 Å². The van der Waals surface area contributed by atoms with E-state index in [1.807, 2.05) is 25.1 Å². The highest BCUT2D eigenvalue weighted by molar-refractivity contribution is 7.71. The third-order valence-corrected chi connectivity index (χ3v) is 2.67. The third kappa shape index (κ3) is 2.70. The lowest BCUT2D eigenvalue weighted by Gasteiger charge is -2.06. The first-order valence-electron chi connectivity index (χ1n) is 4.77. The Morgan fingerprint density at radius 1 is 1.35 bits per heavy atom. The fourth-order valence-corrected chi connectivity index (χ4v) is 1.80. The molecule has 17 heavy (non-hydrogen) atoms. The third-order valence-electron chi connectivity index (χ3n) is 2.35. The van der Waals surface area contributed by atoms with E-state index in [1.165, 1.54) is 0 Å². The number of pyridine rings is 2. The van der Waals surface area contributed by atoms with Crippen LogP contribution < -0.4 is 0 Å². The lowest BCUT2D eigenvalue weighted by Crippen LogP contribution is -1.91. The molecule has 0 unspecified atom stereocenters. The zero-order valence-electron chi connectivity index (χ0n) is 9.10. The van der Waals surface area contributed by atoms with E-state index in [-0.39, 0.29) is 12.4 Å². The van der Waals surface area contributed by atoms with Crippen LogP contribution in [0.25, 0.3) is 11.1 Å². The van der Waals surface area contributed by atoms with E-state index >= 15 is 0 Å². The van der Waals surface area contributed by atoms with E-state index in [1.54, 1.807) is 12.4 Å². The van der Waals surface area contributed by atoms with E-state index in [4.69, 9.17) is 17.5 Å². The topological polar surface area (TPSA) is 52.5 Å². The van der Waals surface area contributed by atoms with Crippen LogP contribution in [0.3, 0.4) is 0 Å². The fourth-order valence-electron chi connectivity index (χ4n) is 1.54. The summed E-state index contributed by atoms with van der Waals surface area (Å²) in [5.41, 5.74) is 3.45. The van der Waals surface area contributed by atoms with E-state index in [0.29, 0.717) is 10.2 Å². The number of H-pyrrole nitrogens is 1. The van der Waals surface area contributed by atoms with Gasteiger partial charge in [0.15, 0.2) is 0 Å². The van der Waals surface area contributed by atoms with Gasteiger partial charge in [-0.1, -0.05) is 12.2 Å². The van der Waals surface area contributed by atoms with Gasteiger partial charge in [0.25, 0.3) is 0 Å². The maximum atomic E-state index is 8.93. The number of aryl methyl sites for hydroxylation is 1. The summed E-state index contributed by atoms with van der Waals surface area (Å²) in [6.45, 7) is 1.94. The number of hydrogen-bond acceptors (Lipinski definition) is 3. The second-order valence-corrected chi connectivity index (χ2v) is 3.81. The van der Waals surface area contributed by atoms with Crippen molar-refractivity contribution in [2.45, 2.75) is 6.92 Å². The molecule has 0 aliphatic carbocycles. The Kier molecular flexibility index (Phi) is 4.38. The number of hydrogen-bond donors (Lipinski definition) is 1. The predicted octanol–water partition coefficient (Wildman–Crippen LogP) is 3.41. The minimum Gasteiger partial charge on any atom is -0.349 e. The average Bonchev–Trinajstić information content (AvgIpc) is 2.30. The van der Waals surface area contributed by atoms with Crippen LogP contribution in [-0.4, -0.2) is 9.97 Å². The van der Waals surface area contributed by atoms with Gasteiger partial charge >= 0.3 is 0 Å². The number of aromatic nitrogens is 2. The van der Waals surface area contributed by atoms with Crippen LogP contribution in [0.15, 0.2) is 30.6 Å². The molecule has 0 radical (unpaired) electrons. The summed E-state index contributed by atoms with van der Waals surface area (Å²) in [5, 5.41) is 8.93. The normalized spacial score (nSPS) is 9.18. The first-order chi connectivity index (χ1) is 7.72. The van der Waals surface area contributed by atoms with Crippen molar-refractivity contribution in [2.24, 2.45) is 0 Å². The quantitative estimate of drug-likeness (QED) is 0.802. The number of nitriles is 1. The van der Waals surface area contributed by atoms with Crippen molar-refractivity contribution in [2.75, 3.05) is 0 Å². The maximum absolute atomic E-state index is 8.93. The number of aromatic amines is 1. The lowest BCUT2D eigenvalue weighted by molar-refractivity contribution is 1.17. The maximum Gasteiger partial charge on any atom is 0.121 e. The highest BCUT2D eigenvalue weighted by atomic mass is 35.5.